The van der Waals surface area contributed by atoms with Gasteiger partial charge in [0.2, 0.25) is 0 Å². The van der Waals surface area contributed by atoms with E-state index in [1.165, 1.54) is 5.69 Å². The van der Waals surface area contributed by atoms with Crippen LogP contribution in [0.25, 0.3) is 0 Å². The number of hydrogen-bond acceptors (Lipinski definition) is 3. The fraction of sp³-hybridized carbons (Fsp3) is 0.571. The van der Waals surface area contributed by atoms with Gasteiger partial charge in [-0.25, -0.2) is 0 Å². The normalized spacial score (nSPS) is 11.4. The molecule has 0 unspecified atom stereocenters. The fourth-order valence-electron chi connectivity index (χ4n) is 2.05. The van der Waals surface area contributed by atoms with Gasteiger partial charge in [-0.2, -0.15) is 10.2 Å². The molecular weight excluding hydrogens is 238 g/mol. The van der Waals surface area contributed by atoms with Gasteiger partial charge in [0.25, 0.3) is 0 Å². The van der Waals surface area contributed by atoms with Gasteiger partial charge in [-0.3, -0.25) is 9.36 Å². The Morgan fingerprint density at radius 1 is 1.32 bits per heavy atom. The molecule has 1 N–H and O–H groups in total. The third-order valence-corrected chi connectivity index (χ3v) is 2.98. The highest BCUT2D eigenvalue weighted by Gasteiger charge is 2.05. The van der Waals surface area contributed by atoms with Crippen molar-refractivity contribution in [3.8, 4) is 0 Å². The molecule has 2 rings (SSSR count). The van der Waals surface area contributed by atoms with Crippen LogP contribution in [0.15, 0.2) is 18.3 Å². The number of rotatable bonds is 6. The van der Waals surface area contributed by atoms with Gasteiger partial charge in [0.1, 0.15) is 0 Å². The summed E-state index contributed by atoms with van der Waals surface area (Å²) in [5, 5.41) is 12.3. The molecular formula is C14H23N5. The molecule has 104 valence electrons. The van der Waals surface area contributed by atoms with E-state index >= 15 is 0 Å². The molecule has 0 aliphatic heterocycles. The van der Waals surface area contributed by atoms with Gasteiger partial charge in [0.15, 0.2) is 0 Å². The highest BCUT2D eigenvalue weighted by Crippen LogP contribution is 2.05. The Kier molecular flexibility index (Phi) is 4.37. The molecule has 0 spiro atoms. The summed E-state index contributed by atoms with van der Waals surface area (Å²) >= 11 is 0. The molecule has 0 aliphatic rings. The van der Waals surface area contributed by atoms with Crippen molar-refractivity contribution in [3.05, 3.63) is 35.4 Å². The van der Waals surface area contributed by atoms with E-state index in [4.69, 9.17) is 0 Å². The van der Waals surface area contributed by atoms with Crippen LogP contribution < -0.4 is 5.32 Å². The van der Waals surface area contributed by atoms with E-state index < -0.39 is 0 Å². The predicted octanol–water partition coefficient (Wildman–Crippen LogP) is 1.72. The van der Waals surface area contributed by atoms with Crippen LogP contribution in [0.4, 0.5) is 0 Å². The maximum Gasteiger partial charge on any atom is 0.0828 e. The van der Waals surface area contributed by atoms with Crippen molar-refractivity contribution in [1.82, 2.24) is 24.9 Å². The lowest BCUT2D eigenvalue weighted by Crippen LogP contribution is -2.19. The smallest absolute Gasteiger partial charge is 0.0828 e. The monoisotopic (exact) mass is 261 g/mol. The van der Waals surface area contributed by atoms with Crippen molar-refractivity contribution in [3.63, 3.8) is 0 Å². The van der Waals surface area contributed by atoms with Gasteiger partial charge < -0.3 is 5.32 Å². The topological polar surface area (TPSA) is 47.7 Å². The van der Waals surface area contributed by atoms with Crippen LogP contribution in [-0.2, 0) is 20.1 Å². The zero-order chi connectivity index (χ0) is 13.8. The average molecular weight is 261 g/mol. The quantitative estimate of drug-likeness (QED) is 0.861. The van der Waals surface area contributed by atoms with Gasteiger partial charge in [-0.05, 0) is 31.5 Å². The maximum absolute atomic E-state index is 4.57. The van der Waals surface area contributed by atoms with E-state index in [1.54, 1.807) is 0 Å². The molecule has 2 heterocycles. The summed E-state index contributed by atoms with van der Waals surface area (Å²) in [6, 6.07) is 4.16. The van der Waals surface area contributed by atoms with Crippen LogP contribution in [-0.4, -0.2) is 26.1 Å². The lowest BCUT2D eigenvalue weighted by molar-refractivity contribution is 0.541. The van der Waals surface area contributed by atoms with Gasteiger partial charge in [0, 0.05) is 19.8 Å². The molecule has 0 atom stereocenters. The van der Waals surface area contributed by atoms with Gasteiger partial charge >= 0.3 is 0 Å². The Morgan fingerprint density at radius 3 is 2.74 bits per heavy atom. The summed E-state index contributed by atoms with van der Waals surface area (Å²) < 4.78 is 3.87. The molecule has 0 saturated carbocycles. The van der Waals surface area contributed by atoms with Crippen LogP contribution in [0, 0.1) is 12.8 Å². The molecule has 0 saturated heterocycles. The van der Waals surface area contributed by atoms with E-state index in [0.717, 1.165) is 31.0 Å². The molecule has 0 aliphatic carbocycles. The highest BCUT2D eigenvalue weighted by molar-refractivity contribution is 5.09. The van der Waals surface area contributed by atoms with Crippen molar-refractivity contribution in [2.24, 2.45) is 13.0 Å². The largest absolute Gasteiger partial charge is 0.311 e. The Hall–Kier alpha value is -1.62. The van der Waals surface area contributed by atoms with Crippen molar-refractivity contribution < 1.29 is 0 Å². The van der Waals surface area contributed by atoms with Crippen LogP contribution in [0.2, 0.25) is 0 Å². The Morgan fingerprint density at radius 2 is 2.11 bits per heavy atom. The number of nitrogens with zero attached hydrogens (tertiary/aromatic N) is 4. The number of aromatic nitrogens is 4. The van der Waals surface area contributed by atoms with Crippen molar-refractivity contribution in [1.29, 1.82) is 0 Å². The van der Waals surface area contributed by atoms with Crippen LogP contribution >= 0.6 is 0 Å². The predicted molar refractivity (Wildman–Crippen MR) is 75.8 cm³/mol. The SMILES string of the molecule is Cc1cc(Cn2ccc(CNCC(C)C)n2)n(C)n1. The van der Waals surface area contributed by atoms with Crippen molar-refractivity contribution in [2.45, 2.75) is 33.9 Å². The molecule has 5 nitrogen and oxygen atoms in total. The van der Waals surface area contributed by atoms with E-state index in [1.807, 2.05) is 29.5 Å². The molecule has 2 aromatic heterocycles. The van der Waals surface area contributed by atoms with Crippen LogP contribution in [0.1, 0.15) is 30.9 Å². The first-order valence-electron chi connectivity index (χ1n) is 6.77. The second kappa shape index (κ2) is 6.02. The first-order chi connectivity index (χ1) is 9.04. The molecule has 0 radical (unpaired) electrons. The summed E-state index contributed by atoms with van der Waals surface area (Å²) in [5.41, 5.74) is 3.30. The number of nitrogens with one attached hydrogen (secondary N) is 1. The van der Waals surface area contributed by atoms with Crippen LogP contribution in [0.5, 0.6) is 0 Å². The molecule has 0 aromatic carbocycles. The van der Waals surface area contributed by atoms with Crippen molar-refractivity contribution in [2.75, 3.05) is 6.54 Å². The number of aryl methyl sites for hydroxylation is 2. The zero-order valence-electron chi connectivity index (χ0n) is 12.2. The summed E-state index contributed by atoms with van der Waals surface area (Å²) in [7, 11) is 1.97. The molecule has 2 aromatic rings. The van der Waals surface area contributed by atoms with E-state index in [-0.39, 0.29) is 0 Å². The van der Waals surface area contributed by atoms with Crippen molar-refractivity contribution >= 4 is 0 Å². The lowest BCUT2D eigenvalue weighted by Gasteiger charge is -2.05. The first kappa shape index (κ1) is 13.8. The summed E-state index contributed by atoms with van der Waals surface area (Å²) in [6.07, 6.45) is 2.02. The number of hydrogen-bond donors (Lipinski definition) is 1. The summed E-state index contributed by atoms with van der Waals surface area (Å²) in [6.45, 7) is 9.03. The highest BCUT2D eigenvalue weighted by atomic mass is 15.3. The van der Waals surface area contributed by atoms with E-state index in [2.05, 4.69) is 41.5 Å². The molecule has 19 heavy (non-hydrogen) atoms. The second-order valence-electron chi connectivity index (χ2n) is 5.43. The third kappa shape index (κ3) is 3.92. The minimum Gasteiger partial charge on any atom is -0.311 e. The minimum atomic E-state index is 0.666. The molecule has 0 bridgehead atoms. The first-order valence-corrected chi connectivity index (χ1v) is 6.77. The summed E-state index contributed by atoms with van der Waals surface area (Å²) in [5.74, 6) is 0.666. The minimum absolute atomic E-state index is 0.666. The fourth-order valence-corrected chi connectivity index (χ4v) is 2.05. The maximum atomic E-state index is 4.57. The average Bonchev–Trinajstić information content (AvgIpc) is 2.87. The standard InChI is InChI=1S/C14H23N5/c1-11(2)8-15-9-13-5-6-19(17-13)10-14-7-12(3)16-18(14)4/h5-7,11,15H,8-10H2,1-4H3. The molecule has 0 fully saturated rings. The molecule has 0 amide bonds. The van der Waals surface area contributed by atoms with E-state index in [0.29, 0.717) is 5.92 Å². The Labute approximate surface area is 114 Å². The summed E-state index contributed by atoms with van der Waals surface area (Å²) in [4.78, 5) is 0. The molecule has 5 heteroatoms. The Bertz CT molecular complexity index is 524. The zero-order valence-corrected chi connectivity index (χ0v) is 12.2. The van der Waals surface area contributed by atoms with Gasteiger partial charge in [0.05, 0.1) is 23.6 Å². The lowest BCUT2D eigenvalue weighted by atomic mass is 10.2. The van der Waals surface area contributed by atoms with Gasteiger partial charge in [-0.1, -0.05) is 13.8 Å². The van der Waals surface area contributed by atoms with Gasteiger partial charge in [-0.15, -0.1) is 0 Å². The Balaban J connectivity index is 1.92. The van der Waals surface area contributed by atoms with E-state index in [9.17, 15) is 0 Å². The third-order valence-electron chi connectivity index (χ3n) is 2.98. The van der Waals surface area contributed by atoms with Crippen LogP contribution in [0.3, 0.4) is 0 Å². The second-order valence-corrected chi connectivity index (χ2v) is 5.43.